The Labute approximate surface area is 120 Å². The molecule has 1 aliphatic rings. The zero-order valence-corrected chi connectivity index (χ0v) is 11.4. The molecule has 0 radical (unpaired) electrons. The number of ether oxygens (including phenoxy) is 1. The minimum atomic E-state index is -4.61. The molecule has 11 heteroatoms. The fourth-order valence-electron chi connectivity index (χ4n) is 1.80. The molecule has 1 fully saturated rings. The van der Waals surface area contributed by atoms with E-state index in [1.165, 1.54) is 0 Å². The predicted molar refractivity (Wildman–Crippen MR) is 64.7 cm³/mol. The van der Waals surface area contributed by atoms with Crippen LogP contribution in [0.25, 0.3) is 0 Å². The molecule has 1 unspecified atom stereocenters. The molecule has 0 spiro atoms. The first-order chi connectivity index (χ1) is 10.0. The van der Waals surface area contributed by atoms with Crippen LogP contribution in [0.15, 0.2) is 4.52 Å². The topological polar surface area (TPSA) is 86.0 Å². The number of alkyl halides is 3. The number of hydrogen-bond donors (Lipinski definition) is 1. The van der Waals surface area contributed by atoms with Gasteiger partial charge in [0.1, 0.15) is 5.82 Å². The van der Waals surface area contributed by atoms with Crippen molar-refractivity contribution in [2.24, 2.45) is 0 Å². The van der Waals surface area contributed by atoms with Crippen LogP contribution in [-0.2, 0) is 17.5 Å². The molecular weight excluding hydrogens is 311 g/mol. The second kappa shape index (κ2) is 5.56. The Balaban J connectivity index is 1.59. The number of rotatable bonds is 4. The Morgan fingerprint density at radius 2 is 2.19 bits per heavy atom. The third kappa shape index (κ3) is 3.29. The summed E-state index contributed by atoms with van der Waals surface area (Å²) < 4.78 is 50.9. The monoisotopic (exact) mass is 321 g/mol. The van der Waals surface area contributed by atoms with E-state index in [1.54, 1.807) is 0 Å². The van der Waals surface area contributed by atoms with E-state index in [-0.39, 0.29) is 18.4 Å². The number of aromatic nitrogens is 4. The smallest absolute Gasteiger partial charge is 0.381 e. The van der Waals surface area contributed by atoms with Gasteiger partial charge in [0, 0.05) is 24.1 Å². The maximum absolute atomic E-state index is 12.3. The van der Waals surface area contributed by atoms with Crippen LogP contribution in [0.4, 0.5) is 18.3 Å². The standard InChI is InChI=1S/C10H10F3N5O2S/c11-10(12,13)8-15-6(20-17-8)3-14-9-16-7(18-21-9)5-1-2-19-4-5/h5H,1-4H2,(H,14,16,18). The molecule has 0 saturated carbocycles. The fourth-order valence-corrected chi connectivity index (χ4v) is 2.44. The largest absolute Gasteiger partial charge is 0.455 e. The van der Waals surface area contributed by atoms with Gasteiger partial charge in [-0.1, -0.05) is 5.16 Å². The molecule has 3 rings (SSSR count). The van der Waals surface area contributed by atoms with Gasteiger partial charge in [0.2, 0.25) is 11.0 Å². The van der Waals surface area contributed by atoms with Gasteiger partial charge in [0.25, 0.3) is 5.82 Å². The number of anilines is 1. The van der Waals surface area contributed by atoms with E-state index in [0.717, 1.165) is 18.0 Å². The molecule has 1 atom stereocenters. The Hall–Kier alpha value is -1.75. The van der Waals surface area contributed by atoms with Gasteiger partial charge < -0.3 is 14.6 Å². The maximum Gasteiger partial charge on any atom is 0.455 e. The van der Waals surface area contributed by atoms with Crippen LogP contribution in [0.3, 0.4) is 0 Å². The molecule has 0 amide bonds. The number of hydrogen-bond acceptors (Lipinski definition) is 8. The SMILES string of the molecule is FC(F)(F)c1noc(CNc2nc(C3CCOC3)ns2)n1. The summed E-state index contributed by atoms with van der Waals surface area (Å²) in [5, 5.41) is 6.17. The van der Waals surface area contributed by atoms with Crippen molar-refractivity contribution in [2.45, 2.75) is 25.1 Å². The zero-order valence-electron chi connectivity index (χ0n) is 10.6. The van der Waals surface area contributed by atoms with Crippen molar-refractivity contribution >= 4 is 16.7 Å². The molecule has 114 valence electrons. The van der Waals surface area contributed by atoms with Gasteiger partial charge in [-0.2, -0.15) is 22.5 Å². The minimum Gasteiger partial charge on any atom is -0.381 e. The molecule has 3 heterocycles. The minimum absolute atomic E-state index is 0.0428. The van der Waals surface area contributed by atoms with E-state index in [2.05, 4.69) is 29.3 Å². The molecule has 2 aromatic rings. The average molecular weight is 321 g/mol. The third-order valence-corrected chi connectivity index (χ3v) is 3.54. The summed E-state index contributed by atoms with van der Waals surface area (Å²) in [6, 6.07) is 0. The van der Waals surface area contributed by atoms with Gasteiger partial charge in [0.15, 0.2) is 0 Å². The van der Waals surface area contributed by atoms with Gasteiger partial charge in [-0.25, -0.2) is 4.98 Å². The third-order valence-electron chi connectivity index (χ3n) is 2.85. The highest BCUT2D eigenvalue weighted by Crippen LogP contribution is 2.27. The normalized spacial score (nSPS) is 19.1. The molecule has 21 heavy (non-hydrogen) atoms. The van der Waals surface area contributed by atoms with E-state index < -0.39 is 12.0 Å². The Kier molecular flexibility index (Phi) is 3.76. The molecule has 1 aliphatic heterocycles. The molecule has 0 bridgehead atoms. The summed E-state index contributed by atoms with van der Waals surface area (Å²) in [7, 11) is 0. The highest BCUT2D eigenvalue weighted by atomic mass is 32.1. The van der Waals surface area contributed by atoms with Gasteiger partial charge in [-0.05, 0) is 6.42 Å². The summed E-state index contributed by atoms with van der Waals surface area (Å²) in [6.07, 6.45) is -3.74. The van der Waals surface area contributed by atoms with Crippen molar-refractivity contribution < 1.29 is 22.4 Å². The van der Waals surface area contributed by atoms with Gasteiger partial charge in [-0.15, -0.1) is 0 Å². The average Bonchev–Trinajstić information content (AvgIpc) is 3.16. The quantitative estimate of drug-likeness (QED) is 0.922. The van der Waals surface area contributed by atoms with Crippen molar-refractivity contribution in [3.8, 4) is 0 Å². The van der Waals surface area contributed by atoms with E-state index in [4.69, 9.17) is 4.74 Å². The lowest BCUT2D eigenvalue weighted by Gasteiger charge is -2.00. The second-order valence-corrected chi connectivity index (χ2v) is 5.13. The molecule has 2 aromatic heterocycles. The van der Waals surface area contributed by atoms with E-state index in [1.807, 2.05) is 0 Å². The van der Waals surface area contributed by atoms with Crippen molar-refractivity contribution in [2.75, 3.05) is 18.5 Å². The van der Waals surface area contributed by atoms with Crippen LogP contribution < -0.4 is 5.32 Å². The zero-order chi connectivity index (χ0) is 14.9. The first-order valence-corrected chi connectivity index (χ1v) is 6.85. The summed E-state index contributed by atoms with van der Waals surface area (Å²) in [4.78, 5) is 7.52. The van der Waals surface area contributed by atoms with Gasteiger partial charge in [-0.3, -0.25) is 0 Å². The fraction of sp³-hybridized carbons (Fsp3) is 0.600. The second-order valence-electron chi connectivity index (χ2n) is 4.38. The summed E-state index contributed by atoms with van der Waals surface area (Å²) >= 11 is 1.13. The van der Waals surface area contributed by atoms with E-state index in [9.17, 15) is 13.2 Å². The Morgan fingerprint density at radius 3 is 2.86 bits per heavy atom. The number of nitrogens with zero attached hydrogens (tertiary/aromatic N) is 4. The number of nitrogens with one attached hydrogen (secondary N) is 1. The van der Waals surface area contributed by atoms with Crippen LogP contribution in [0.5, 0.6) is 0 Å². The lowest BCUT2D eigenvalue weighted by atomic mass is 10.1. The first-order valence-electron chi connectivity index (χ1n) is 6.07. The van der Waals surface area contributed by atoms with Crippen LogP contribution >= 0.6 is 11.5 Å². The number of halogens is 3. The van der Waals surface area contributed by atoms with Crippen molar-refractivity contribution in [1.29, 1.82) is 0 Å². The summed E-state index contributed by atoms with van der Waals surface area (Å²) in [5.74, 6) is -0.595. The first kappa shape index (κ1) is 14.2. The predicted octanol–water partition coefficient (Wildman–Crippen LogP) is 2.06. The molecule has 7 nitrogen and oxygen atoms in total. The molecule has 0 aliphatic carbocycles. The lowest BCUT2D eigenvalue weighted by molar-refractivity contribution is -0.146. The Morgan fingerprint density at radius 1 is 1.33 bits per heavy atom. The van der Waals surface area contributed by atoms with Crippen molar-refractivity contribution in [3.05, 3.63) is 17.5 Å². The van der Waals surface area contributed by atoms with Crippen LogP contribution in [0.1, 0.15) is 29.9 Å². The highest BCUT2D eigenvalue weighted by Gasteiger charge is 2.37. The molecule has 1 saturated heterocycles. The summed E-state index contributed by atoms with van der Waals surface area (Å²) in [5.41, 5.74) is 0. The van der Waals surface area contributed by atoms with Crippen molar-refractivity contribution in [1.82, 2.24) is 19.5 Å². The van der Waals surface area contributed by atoms with Crippen LogP contribution in [-0.4, -0.2) is 32.7 Å². The van der Waals surface area contributed by atoms with Crippen molar-refractivity contribution in [3.63, 3.8) is 0 Å². The van der Waals surface area contributed by atoms with Gasteiger partial charge in [0.05, 0.1) is 13.2 Å². The molecule has 0 aromatic carbocycles. The molecular formula is C10H10F3N5O2S. The lowest BCUT2D eigenvalue weighted by Crippen LogP contribution is -2.08. The van der Waals surface area contributed by atoms with Gasteiger partial charge >= 0.3 is 6.18 Å². The Bertz CT molecular complexity index is 608. The van der Waals surface area contributed by atoms with Crippen LogP contribution in [0.2, 0.25) is 0 Å². The maximum atomic E-state index is 12.3. The summed E-state index contributed by atoms with van der Waals surface area (Å²) in [6.45, 7) is 1.24. The van der Waals surface area contributed by atoms with E-state index >= 15 is 0 Å². The van der Waals surface area contributed by atoms with Crippen LogP contribution in [0, 0.1) is 0 Å². The highest BCUT2D eigenvalue weighted by molar-refractivity contribution is 7.09. The van der Waals surface area contributed by atoms with E-state index in [0.29, 0.717) is 24.2 Å². The molecule has 1 N–H and O–H groups in total.